The lowest BCUT2D eigenvalue weighted by Crippen LogP contribution is -2.52. The van der Waals surface area contributed by atoms with Crippen LogP contribution in [-0.2, 0) is 19.4 Å². The van der Waals surface area contributed by atoms with Gasteiger partial charge >= 0.3 is 0 Å². The molecular formula is C20H20N4O2. The molecule has 0 atom stereocenters. The molecular weight excluding hydrogens is 328 g/mol. The summed E-state index contributed by atoms with van der Waals surface area (Å²) in [4.78, 5) is 26.7. The molecule has 1 aliphatic carbocycles. The van der Waals surface area contributed by atoms with Gasteiger partial charge in [0, 0.05) is 43.0 Å². The average Bonchev–Trinajstić information content (AvgIpc) is 3.23. The second-order valence-electron chi connectivity index (χ2n) is 7.33. The number of carbonyl (C=O) groups is 1. The van der Waals surface area contributed by atoms with Crippen LogP contribution >= 0.6 is 0 Å². The summed E-state index contributed by atoms with van der Waals surface area (Å²) in [6.07, 6.45) is 6.83. The van der Waals surface area contributed by atoms with Gasteiger partial charge in [0.25, 0.3) is 11.5 Å². The second kappa shape index (κ2) is 5.83. The van der Waals surface area contributed by atoms with Gasteiger partial charge in [0.15, 0.2) is 0 Å². The first-order valence-corrected chi connectivity index (χ1v) is 9.13. The fraction of sp³-hybridized carbons (Fsp3) is 0.350. The van der Waals surface area contributed by atoms with Crippen LogP contribution in [0.3, 0.4) is 0 Å². The van der Waals surface area contributed by atoms with Gasteiger partial charge in [-0.3, -0.25) is 9.59 Å². The summed E-state index contributed by atoms with van der Waals surface area (Å²) in [5.41, 5.74) is 3.88. The Hall–Kier alpha value is -2.89. The summed E-state index contributed by atoms with van der Waals surface area (Å²) < 4.78 is 3.54. The van der Waals surface area contributed by atoms with Gasteiger partial charge in [0.05, 0.1) is 17.8 Å². The summed E-state index contributed by atoms with van der Waals surface area (Å²) in [7, 11) is 0. The molecule has 3 aromatic rings. The van der Waals surface area contributed by atoms with E-state index < -0.39 is 0 Å². The number of hydrogen-bond acceptors (Lipinski definition) is 3. The highest BCUT2D eigenvalue weighted by Gasteiger charge is 2.32. The number of aromatic nitrogens is 3. The molecule has 4 heterocycles. The Balaban J connectivity index is 1.26. The van der Waals surface area contributed by atoms with Crippen molar-refractivity contribution in [2.75, 3.05) is 13.1 Å². The van der Waals surface area contributed by atoms with Gasteiger partial charge in [0.2, 0.25) is 0 Å². The Morgan fingerprint density at radius 3 is 2.92 bits per heavy atom. The number of rotatable bonds is 3. The summed E-state index contributed by atoms with van der Waals surface area (Å²) in [6, 6.07) is 9.56. The summed E-state index contributed by atoms with van der Waals surface area (Å²) in [6.45, 7) is 1.94. The number of carbonyl (C=O) groups excluding carboxylic acids is 1. The standard InChI is InChI=1S/C20H20N4O2/c25-19-9-15-4-3-6-18(15)21-24(19)12-14-10-23(11-14)20(26)16-8-17-5-1-2-7-22(17)13-16/h1-2,5,7-9,13-14H,3-4,6,10-12H2. The molecule has 1 fully saturated rings. The monoisotopic (exact) mass is 348 g/mol. The Morgan fingerprint density at radius 2 is 2.08 bits per heavy atom. The molecule has 0 saturated carbocycles. The van der Waals surface area contributed by atoms with Gasteiger partial charge in [-0.1, -0.05) is 6.07 Å². The third-order valence-electron chi connectivity index (χ3n) is 5.45. The maximum atomic E-state index is 12.6. The lowest BCUT2D eigenvalue weighted by molar-refractivity contribution is 0.0458. The molecule has 6 nitrogen and oxygen atoms in total. The zero-order valence-corrected chi connectivity index (χ0v) is 14.5. The van der Waals surface area contributed by atoms with E-state index in [1.807, 2.05) is 46.0 Å². The first-order chi connectivity index (χ1) is 12.7. The number of amides is 1. The second-order valence-corrected chi connectivity index (χ2v) is 7.33. The van der Waals surface area contributed by atoms with Gasteiger partial charge in [-0.2, -0.15) is 5.10 Å². The van der Waals surface area contributed by atoms with E-state index in [2.05, 4.69) is 5.10 Å². The van der Waals surface area contributed by atoms with E-state index in [0.717, 1.165) is 36.0 Å². The van der Waals surface area contributed by atoms with Gasteiger partial charge in [0.1, 0.15) is 0 Å². The number of nitrogens with zero attached hydrogens (tertiary/aromatic N) is 4. The molecule has 0 bridgehead atoms. The van der Waals surface area contributed by atoms with E-state index in [-0.39, 0.29) is 11.5 Å². The van der Waals surface area contributed by atoms with Crippen molar-refractivity contribution in [1.29, 1.82) is 0 Å². The minimum absolute atomic E-state index is 0.0193. The van der Waals surface area contributed by atoms with Crippen LogP contribution in [0.1, 0.15) is 28.0 Å². The number of likely N-dealkylation sites (tertiary alicyclic amines) is 1. The van der Waals surface area contributed by atoms with Gasteiger partial charge < -0.3 is 9.30 Å². The van der Waals surface area contributed by atoms with E-state index in [1.54, 1.807) is 10.7 Å². The Kier molecular flexibility index (Phi) is 3.45. The Labute approximate surface area is 150 Å². The molecule has 0 radical (unpaired) electrons. The van der Waals surface area contributed by atoms with Crippen molar-refractivity contribution in [3.05, 3.63) is 69.9 Å². The minimum atomic E-state index is -0.0193. The number of fused-ring (bicyclic) bond motifs is 2. The summed E-state index contributed by atoms with van der Waals surface area (Å²) in [5, 5.41) is 4.53. The van der Waals surface area contributed by atoms with Gasteiger partial charge in [-0.25, -0.2) is 4.68 Å². The summed E-state index contributed by atoms with van der Waals surface area (Å²) >= 11 is 0. The highest BCUT2D eigenvalue weighted by Crippen LogP contribution is 2.22. The largest absolute Gasteiger partial charge is 0.338 e. The topological polar surface area (TPSA) is 59.6 Å². The zero-order valence-electron chi connectivity index (χ0n) is 14.5. The first kappa shape index (κ1) is 15.4. The SMILES string of the molecule is O=C(c1cc2ccccn2c1)N1CC(Cn2nc3c(cc2=O)CCC3)C1. The number of pyridine rings is 1. The predicted molar refractivity (Wildman–Crippen MR) is 97.3 cm³/mol. The lowest BCUT2D eigenvalue weighted by atomic mass is 9.99. The smallest absolute Gasteiger partial charge is 0.267 e. The normalized spacial score (nSPS) is 16.7. The molecule has 0 aromatic carbocycles. The van der Waals surface area contributed by atoms with Crippen LogP contribution in [0.4, 0.5) is 0 Å². The molecule has 1 aliphatic heterocycles. The molecule has 0 unspecified atom stereocenters. The molecule has 2 aliphatic rings. The van der Waals surface area contributed by atoms with Crippen LogP contribution in [0.25, 0.3) is 5.52 Å². The van der Waals surface area contributed by atoms with Crippen molar-refractivity contribution in [2.24, 2.45) is 5.92 Å². The molecule has 3 aromatic heterocycles. The van der Waals surface area contributed by atoms with Crippen molar-refractivity contribution >= 4 is 11.4 Å². The predicted octanol–water partition coefficient (Wildman–Crippen LogP) is 1.76. The van der Waals surface area contributed by atoms with E-state index >= 15 is 0 Å². The van der Waals surface area contributed by atoms with Crippen LogP contribution < -0.4 is 5.56 Å². The molecule has 0 spiro atoms. The van der Waals surface area contributed by atoms with E-state index in [0.29, 0.717) is 31.1 Å². The van der Waals surface area contributed by atoms with Crippen molar-refractivity contribution < 1.29 is 4.79 Å². The van der Waals surface area contributed by atoms with Crippen LogP contribution in [0, 0.1) is 5.92 Å². The van der Waals surface area contributed by atoms with E-state index in [4.69, 9.17) is 0 Å². The Morgan fingerprint density at radius 1 is 1.19 bits per heavy atom. The van der Waals surface area contributed by atoms with Crippen molar-refractivity contribution in [3.63, 3.8) is 0 Å². The average molecular weight is 348 g/mol. The maximum Gasteiger partial charge on any atom is 0.267 e. The van der Waals surface area contributed by atoms with Crippen LogP contribution in [0.2, 0.25) is 0 Å². The Bertz CT molecular complexity index is 1030. The quantitative estimate of drug-likeness (QED) is 0.725. The third kappa shape index (κ3) is 2.53. The van der Waals surface area contributed by atoms with Crippen LogP contribution in [0.15, 0.2) is 47.5 Å². The molecule has 5 rings (SSSR count). The number of hydrogen-bond donors (Lipinski definition) is 0. The van der Waals surface area contributed by atoms with E-state index in [1.165, 1.54) is 0 Å². The lowest BCUT2D eigenvalue weighted by Gasteiger charge is -2.39. The van der Waals surface area contributed by atoms with Crippen molar-refractivity contribution in [1.82, 2.24) is 19.1 Å². The third-order valence-corrected chi connectivity index (χ3v) is 5.45. The molecule has 132 valence electrons. The number of aryl methyl sites for hydroxylation is 2. The van der Waals surface area contributed by atoms with Crippen molar-refractivity contribution in [2.45, 2.75) is 25.8 Å². The minimum Gasteiger partial charge on any atom is -0.338 e. The highest BCUT2D eigenvalue weighted by molar-refractivity contribution is 5.96. The summed E-state index contributed by atoms with van der Waals surface area (Å²) in [5.74, 6) is 0.347. The maximum absolute atomic E-state index is 12.6. The molecule has 6 heteroatoms. The van der Waals surface area contributed by atoms with Gasteiger partial charge in [-0.05, 0) is 43.0 Å². The zero-order chi connectivity index (χ0) is 17.7. The molecule has 1 saturated heterocycles. The highest BCUT2D eigenvalue weighted by atomic mass is 16.2. The first-order valence-electron chi connectivity index (χ1n) is 9.13. The van der Waals surface area contributed by atoms with E-state index in [9.17, 15) is 9.59 Å². The van der Waals surface area contributed by atoms with Crippen LogP contribution in [-0.4, -0.2) is 38.1 Å². The fourth-order valence-corrected chi connectivity index (χ4v) is 4.02. The van der Waals surface area contributed by atoms with Crippen molar-refractivity contribution in [3.8, 4) is 0 Å². The van der Waals surface area contributed by atoms with Gasteiger partial charge in [-0.15, -0.1) is 0 Å². The molecule has 0 N–H and O–H groups in total. The fourth-order valence-electron chi connectivity index (χ4n) is 4.02. The van der Waals surface area contributed by atoms with Crippen LogP contribution in [0.5, 0.6) is 0 Å². The molecule has 26 heavy (non-hydrogen) atoms. The molecule has 1 amide bonds.